The van der Waals surface area contributed by atoms with E-state index in [0.29, 0.717) is 22.6 Å². The van der Waals surface area contributed by atoms with Crippen molar-refractivity contribution in [2.45, 2.75) is 26.3 Å². The summed E-state index contributed by atoms with van der Waals surface area (Å²) in [4.78, 5) is 26.8. The molecule has 1 amide bonds. The van der Waals surface area contributed by atoms with Crippen LogP contribution >= 0.6 is 0 Å². The number of fused-ring (bicyclic) bond motifs is 1. The molecule has 0 saturated carbocycles. The molecule has 0 radical (unpaired) electrons. The molecule has 0 saturated heterocycles. The molecule has 0 atom stereocenters. The molecule has 11 heteroatoms. The van der Waals surface area contributed by atoms with Gasteiger partial charge in [-0.25, -0.2) is 4.79 Å². The smallest absolute Gasteiger partial charge is 0.407 e. The third kappa shape index (κ3) is 5.30. The number of carboxylic acid groups (broad SMARTS) is 1. The number of aromatic hydroxyl groups is 1. The fraction of sp³-hybridized carbons (Fsp3) is 0.385. The van der Waals surface area contributed by atoms with Gasteiger partial charge < -0.3 is 43.8 Å². The van der Waals surface area contributed by atoms with Crippen molar-refractivity contribution in [3.8, 4) is 28.7 Å². The van der Waals surface area contributed by atoms with E-state index in [4.69, 9.17) is 23.4 Å². The van der Waals surface area contributed by atoms with Gasteiger partial charge in [-0.05, 0) is 45.0 Å². The molecule has 0 spiro atoms. The zero-order valence-corrected chi connectivity index (χ0v) is 21.9. The topological polar surface area (TPSA) is 140 Å². The lowest BCUT2D eigenvalue weighted by atomic mass is 10.0. The van der Waals surface area contributed by atoms with Gasteiger partial charge in [0.15, 0.2) is 28.6 Å². The number of nitrogens with zero attached hydrogens (tertiary/aromatic N) is 1. The number of ether oxygens (including phenoxy) is 4. The van der Waals surface area contributed by atoms with Crippen LogP contribution in [0, 0.1) is 0 Å². The molecular formula is C26H32N2O9. The summed E-state index contributed by atoms with van der Waals surface area (Å²) in [6.45, 7) is 5.60. The van der Waals surface area contributed by atoms with Crippen LogP contribution < -0.4 is 24.3 Å². The SMILES string of the molecule is COc1cc(C(=O)c2c(NCCN(C(=O)O)C(C)(C)C)oc3c(O)c(OC)ccc23)cc(OC)c1OC. The first-order valence-corrected chi connectivity index (χ1v) is 11.4. The number of methoxy groups -OCH3 is 4. The minimum atomic E-state index is -1.07. The van der Waals surface area contributed by atoms with E-state index in [0.717, 1.165) is 0 Å². The largest absolute Gasteiger partial charge is 0.502 e. The lowest BCUT2D eigenvalue weighted by molar-refractivity contribution is 0.102. The van der Waals surface area contributed by atoms with Gasteiger partial charge in [-0.15, -0.1) is 0 Å². The van der Waals surface area contributed by atoms with Gasteiger partial charge in [0, 0.05) is 29.6 Å². The van der Waals surface area contributed by atoms with Crippen molar-refractivity contribution >= 4 is 28.7 Å². The van der Waals surface area contributed by atoms with Gasteiger partial charge in [-0.2, -0.15) is 0 Å². The summed E-state index contributed by atoms with van der Waals surface area (Å²) in [5, 5.41) is 23.6. The first kappa shape index (κ1) is 27.3. The molecule has 200 valence electrons. The van der Waals surface area contributed by atoms with Gasteiger partial charge in [-0.1, -0.05) is 0 Å². The van der Waals surface area contributed by atoms with Gasteiger partial charge >= 0.3 is 6.09 Å². The summed E-state index contributed by atoms with van der Waals surface area (Å²) >= 11 is 0. The number of phenolic OH excluding ortho intramolecular Hbond substituents is 1. The van der Waals surface area contributed by atoms with Crippen LogP contribution in [0.4, 0.5) is 10.7 Å². The summed E-state index contributed by atoms with van der Waals surface area (Å²) in [6, 6.07) is 6.16. The van der Waals surface area contributed by atoms with Crippen LogP contribution in [0.2, 0.25) is 0 Å². The maximum absolute atomic E-state index is 13.8. The third-order valence-corrected chi connectivity index (χ3v) is 5.83. The van der Waals surface area contributed by atoms with Crippen molar-refractivity contribution in [3.05, 3.63) is 35.4 Å². The van der Waals surface area contributed by atoms with Crippen LogP contribution in [0.25, 0.3) is 11.0 Å². The molecule has 0 fully saturated rings. The van der Waals surface area contributed by atoms with E-state index in [1.807, 2.05) is 0 Å². The Balaban J connectivity index is 2.11. The molecule has 11 nitrogen and oxygen atoms in total. The summed E-state index contributed by atoms with van der Waals surface area (Å²) < 4.78 is 27.2. The summed E-state index contributed by atoms with van der Waals surface area (Å²) in [5.41, 5.74) is -0.233. The van der Waals surface area contributed by atoms with Crippen LogP contribution in [0.3, 0.4) is 0 Å². The molecule has 0 unspecified atom stereocenters. The Morgan fingerprint density at radius 2 is 1.57 bits per heavy atom. The molecule has 37 heavy (non-hydrogen) atoms. The van der Waals surface area contributed by atoms with Gasteiger partial charge in [0.05, 0.1) is 34.0 Å². The van der Waals surface area contributed by atoms with Crippen molar-refractivity contribution in [1.29, 1.82) is 0 Å². The van der Waals surface area contributed by atoms with Gasteiger partial charge in [0.2, 0.25) is 17.4 Å². The normalized spacial score (nSPS) is 11.2. The van der Waals surface area contributed by atoms with Gasteiger partial charge in [-0.3, -0.25) is 4.79 Å². The Kier molecular flexibility index (Phi) is 7.95. The van der Waals surface area contributed by atoms with Crippen molar-refractivity contribution in [2.75, 3.05) is 46.8 Å². The number of hydrogen-bond donors (Lipinski definition) is 3. The highest BCUT2D eigenvalue weighted by molar-refractivity contribution is 6.20. The minimum Gasteiger partial charge on any atom is -0.502 e. The molecule has 3 N–H and O–H groups in total. The van der Waals surface area contributed by atoms with Crippen molar-refractivity contribution in [2.24, 2.45) is 0 Å². The van der Waals surface area contributed by atoms with Gasteiger partial charge in [0.25, 0.3) is 0 Å². The fourth-order valence-corrected chi connectivity index (χ4v) is 4.00. The number of phenols is 1. The molecule has 1 heterocycles. The van der Waals surface area contributed by atoms with Crippen LogP contribution in [0.15, 0.2) is 28.7 Å². The number of carbonyl (C=O) groups is 2. The van der Waals surface area contributed by atoms with E-state index in [2.05, 4.69) is 5.32 Å². The Morgan fingerprint density at radius 1 is 0.973 bits per heavy atom. The van der Waals surface area contributed by atoms with Crippen molar-refractivity contribution in [3.63, 3.8) is 0 Å². The second-order valence-electron chi connectivity index (χ2n) is 9.07. The highest BCUT2D eigenvalue weighted by atomic mass is 16.5. The van der Waals surface area contributed by atoms with E-state index in [-0.39, 0.29) is 47.2 Å². The zero-order valence-electron chi connectivity index (χ0n) is 21.9. The van der Waals surface area contributed by atoms with E-state index >= 15 is 0 Å². The van der Waals surface area contributed by atoms with Crippen LogP contribution in [-0.2, 0) is 0 Å². The van der Waals surface area contributed by atoms with Crippen LogP contribution in [-0.4, -0.2) is 74.1 Å². The van der Waals surface area contributed by atoms with Gasteiger partial charge in [0.1, 0.15) is 0 Å². The van der Waals surface area contributed by atoms with Crippen molar-refractivity contribution < 1.29 is 43.2 Å². The van der Waals surface area contributed by atoms with E-state index in [9.17, 15) is 19.8 Å². The quantitative estimate of drug-likeness (QED) is 0.328. The molecule has 2 aromatic carbocycles. The number of amides is 1. The van der Waals surface area contributed by atoms with E-state index in [1.165, 1.54) is 51.5 Å². The highest BCUT2D eigenvalue weighted by Gasteiger charge is 2.29. The third-order valence-electron chi connectivity index (χ3n) is 5.83. The average molecular weight is 517 g/mol. The Bertz CT molecular complexity index is 1280. The molecule has 0 aliphatic heterocycles. The first-order valence-electron chi connectivity index (χ1n) is 11.4. The highest BCUT2D eigenvalue weighted by Crippen LogP contribution is 2.43. The Hall–Kier alpha value is -4.28. The predicted octanol–water partition coefficient (Wildman–Crippen LogP) is 4.59. The van der Waals surface area contributed by atoms with E-state index < -0.39 is 17.4 Å². The monoisotopic (exact) mass is 516 g/mol. The maximum atomic E-state index is 13.8. The number of furan rings is 1. The van der Waals surface area contributed by atoms with Crippen LogP contribution in [0.1, 0.15) is 36.7 Å². The molecule has 0 bridgehead atoms. The van der Waals surface area contributed by atoms with Crippen LogP contribution in [0.5, 0.6) is 28.7 Å². The Morgan fingerprint density at radius 3 is 2.05 bits per heavy atom. The number of carbonyl (C=O) groups excluding carboxylic acids is 1. The number of ketones is 1. The second kappa shape index (κ2) is 10.8. The molecule has 0 aliphatic carbocycles. The molecular weight excluding hydrogens is 484 g/mol. The number of rotatable bonds is 10. The zero-order chi connectivity index (χ0) is 27.5. The summed E-state index contributed by atoms with van der Waals surface area (Å²) in [6.07, 6.45) is -1.07. The number of nitrogens with one attached hydrogen (secondary N) is 1. The predicted molar refractivity (Wildman–Crippen MR) is 137 cm³/mol. The second-order valence-corrected chi connectivity index (χ2v) is 9.07. The molecule has 3 aromatic rings. The first-order chi connectivity index (χ1) is 17.5. The number of anilines is 1. The lowest BCUT2D eigenvalue weighted by Gasteiger charge is -2.33. The minimum absolute atomic E-state index is 0.0450. The number of hydrogen-bond acceptors (Lipinski definition) is 9. The summed E-state index contributed by atoms with van der Waals surface area (Å²) in [7, 11) is 5.75. The lowest BCUT2D eigenvalue weighted by Crippen LogP contribution is -2.47. The maximum Gasteiger partial charge on any atom is 0.407 e. The molecule has 3 rings (SSSR count). The summed E-state index contributed by atoms with van der Waals surface area (Å²) in [5.74, 6) is 0.430. The fourth-order valence-electron chi connectivity index (χ4n) is 4.00. The standard InChI is InChI=1S/C26H32N2O9/c1-26(2,3)28(25(31)32)11-10-27-24-19(15-8-9-16(33-4)21(30)22(15)37-24)20(29)14-12-17(34-5)23(36-7)18(13-14)35-6/h8-9,12-13,27,30H,10-11H2,1-7H3,(H,31,32). The average Bonchev–Trinajstić information content (AvgIpc) is 3.23. The molecule has 0 aliphatic rings. The molecule has 1 aromatic heterocycles. The Labute approximate surface area is 214 Å². The van der Waals surface area contributed by atoms with E-state index in [1.54, 1.807) is 26.8 Å². The number of benzene rings is 2. The van der Waals surface area contributed by atoms with Crippen molar-refractivity contribution in [1.82, 2.24) is 4.90 Å².